The summed E-state index contributed by atoms with van der Waals surface area (Å²) in [5.74, 6) is 0. The highest BCUT2D eigenvalue weighted by Crippen LogP contribution is 2.19. The number of piperazine rings is 1. The molecule has 0 bridgehead atoms. The second-order valence-corrected chi connectivity index (χ2v) is 7.45. The van der Waals surface area contributed by atoms with Crippen LogP contribution in [-0.4, -0.2) is 47.2 Å². The number of nitrogens with two attached hydrogens (primary N) is 1. The van der Waals surface area contributed by atoms with Gasteiger partial charge in [-0.05, 0) is 51.8 Å². The summed E-state index contributed by atoms with van der Waals surface area (Å²) in [5, 5.41) is 0. The second kappa shape index (κ2) is 6.79. The molecule has 1 aliphatic rings. The van der Waals surface area contributed by atoms with Crippen LogP contribution in [0.25, 0.3) is 0 Å². The molecule has 0 unspecified atom stereocenters. The maximum absolute atomic E-state index is 12.2. The Morgan fingerprint density at radius 2 is 2.04 bits per heavy atom. The van der Waals surface area contributed by atoms with Crippen LogP contribution < -0.4 is 5.73 Å². The minimum atomic E-state index is -0.451. The molecule has 5 nitrogen and oxygen atoms in total. The van der Waals surface area contributed by atoms with Crippen LogP contribution in [-0.2, 0) is 11.3 Å². The number of carbonyl (C=O) groups is 1. The Labute approximate surface area is 139 Å². The molecular formula is C18H29N3O2. The van der Waals surface area contributed by atoms with Gasteiger partial charge in [0.25, 0.3) is 0 Å². The monoisotopic (exact) mass is 319 g/mol. The average molecular weight is 319 g/mol. The normalized spacial score (nSPS) is 19.7. The highest BCUT2D eigenvalue weighted by Gasteiger charge is 2.30. The van der Waals surface area contributed by atoms with Crippen LogP contribution in [0.5, 0.6) is 0 Å². The Morgan fingerprint density at radius 3 is 2.61 bits per heavy atom. The van der Waals surface area contributed by atoms with Crippen LogP contribution in [0.1, 0.15) is 38.8 Å². The third-order valence-electron chi connectivity index (χ3n) is 4.09. The van der Waals surface area contributed by atoms with Gasteiger partial charge in [0.05, 0.1) is 0 Å². The van der Waals surface area contributed by atoms with Crippen LogP contribution in [0, 0.1) is 6.92 Å². The lowest BCUT2D eigenvalue weighted by molar-refractivity contribution is 0.000565. The van der Waals surface area contributed by atoms with E-state index in [0.29, 0.717) is 6.54 Å². The van der Waals surface area contributed by atoms with Crippen molar-refractivity contribution < 1.29 is 9.53 Å². The first kappa shape index (κ1) is 17.6. The molecule has 0 aliphatic carbocycles. The molecule has 0 spiro atoms. The van der Waals surface area contributed by atoms with Crippen LogP contribution in [0.4, 0.5) is 10.5 Å². The predicted molar refractivity (Wildman–Crippen MR) is 93.3 cm³/mol. The Morgan fingerprint density at radius 1 is 1.35 bits per heavy atom. The summed E-state index contributed by atoms with van der Waals surface area (Å²) in [6.07, 6.45) is -0.218. The molecule has 2 N–H and O–H groups in total. The fourth-order valence-electron chi connectivity index (χ4n) is 2.81. The molecule has 1 atom stereocenters. The van der Waals surface area contributed by atoms with Crippen LogP contribution in [0.15, 0.2) is 18.2 Å². The van der Waals surface area contributed by atoms with Gasteiger partial charge in [-0.2, -0.15) is 0 Å². The molecule has 0 saturated carbocycles. The SMILES string of the molecule is Cc1ccc(CN2CCN(C(=O)OC(C)(C)C)[C@@H](C)C2)cc1N. The van der Waals surface area contributed by atoms with Crippen LogP contribution in [0.2, 0.25) is 0 Å². The Bertz CT molecular complexity index is 566. The van der Waals surface area contributed by atoms with Crippen molar-refractivity contribution >= 4 is 11.8 Å². The average Bonchev–Trinajstić information content (AvgIpc) is 2.41. The van der Waals surface area contributed by atoms with Crippen molar-refractivity contribution in [3.05, 3.63) is 29.3 Å². The van der Waals surface area contributed by atoms with E-state index in [1.165, 1.54) is 5.56 Å². The number of nitrogens with zero attached hydrogens (tertiary/aromatic N) is 2. The standard InChI is InChI=1S/C18H29N3O2/c1-13-6-7-15(10-16(13)19)12-20-8-9-21(14(2)11-20)17(22)23-18(3,4)5/h6-7,10,14H,8-9,11-12,19H2,1-5H3/t14-/m0/s1. The molecule has 2 rings (SSSR count). The predicted octanol–water partition coefficient (Wildman–Crippen LogP) is 3.02. The number of hydrogen-bond acceptors (Lipinski definition) is 4. The number of rotatable bonds is 2. The van der Waals surface area contributed by atoms with Gasteiger partial charge < -0.3 is 15.4 Å². The van der Waals surface area contributed by atoms with Crippen molar-refractivity contribution in [3.63, 3.8) is 0 Å². The minimum absolute atomic E-state index is 0.140. The van der Waals surface area contributed by atoms with E-state index in [1.807, 2.05) is 38.7 Å². The zero-order valence-electron chi connectivity index (χ0n) is 14.9. The number of carbonyl (C=O) groups excluding carboxylic acids is 1. The summed E-state index contributed by atoms with van der Waals surface area (Å²) in [5.41, 5.74) is 8.69. The molecule has 1 aliphatic heterocycles. The highest BCUT2D eigenvalue weighted by molar-refractivity contribution is 5.68. The van der Waals surface area contributed by atoms with E-state index >= 15 is 0 Å². The van der Waals surface area contributed by atoms with E-state index in [4.69, 9.17) is 10.5 Å². The van der Waals surface area contributed by atoms with Crippen LogP contribution in [0.3, 0.4) is 0 Å². The van der Waals surface area contributed by atoms with E-state index < -0.39 is 5.60 Å². The zero-order valence-corrected chi connectivity index (χ0v) is 14.9. The number of anilines is 1. The van der Waals surface area contributed by atoms with Gasteiger partial charge >= 0.3 is 6.09 Å². The first-order valence-corrected chi connectivity index (χ1v) is 8.22. The third kappa shape index (κ3) is 4.86. The molecule has 5 heteroatoms. The van der Waals surface area contributed by atoms with Gasteiger partial charge in [0.2, 0.25) is 0 Å². The highest BCUT2D eigenvalue weighted by atomic mass is 16.6. The maximum atomic E-state index is 12.2. The molecule has 0 radical (unpaired) electrons. The molecule has 1 saturated heterocycles. The number of aryl methyl sites for hydroxylation is 1. The van der Waals surface area contributed by atoms with Crippen molar-refractivity contribution in [1.29, 1.82) is 0 Å². The first-order chi connectivity index (χ1) is 10.7. The molecule has 1 amide bonds. The molecule has 1 aromatic rings. The van der Waals surface area contributed by atoms with E-state index in [-0.39, 0.29) is 12.1 Å². The van der Waals surface area contributed by atoms with Gasteiger partial charge in [0, 0.05) is 37.9 Å². The molecule has 128 valence electrons. The Hall–Kier alpha value is -1.75. The van der Waals surface area contributed by atoms with Gasteiger partial charge in [-0.25, -0.2) is 4.79 Å². The van der Waals surface area contributed by atoms with Crippen molar-refractivity contribution in [2.45, 2.75) is 52.8 Å². The topological polar surface area (TPSA) is 58.8 Å². The minimum Gasteiger partial charge on any atom is -0.444 e. The summed E-state index contributed by atoms with van der Waals surface area (Å²) in [6.45, 7) is 13.0. The third-order valence-corrected chi connectivity index (χ3v) is 4.09. The van der Waals surface area contributed by atoms with Crippen molar-refractivity contribution in [3.8, 4) is 0 Å². The number of hydrogen-bond donors (Lipinski definition) is 1. The lowest BCUT2D eigenvalue weighted by Crippen LogP contribution is -2.54. The van der Waals surface area contributed by atoms with E-state index in [9.17, 15) is 4.79 Å². The number of amides is 1. The van der Waals surface area contributed by atoms with Gasteiger partial charge in [-0.3, -0.25) is 4.90 Å². The van der Waals surface area contributed by atoms with E-state index in [1.54, 1.807) is 0 Å². The summed E-state index contributed by atoms with van der Waals surface area (Å²) in [6, 6.07) is 6.36. The molecule has 1 fully saturated rings. The van der Waals surface area contributed by atoms with Crippen LogP contribution >= 0.6 is 0 Å². The molecule has 23 heavy (non-hydrogen) atoms. The fourth-order valence-corrected chi connectivity index (χ4v) is 2.81. The Balaban J connectivity index is 1.93. The summed E-state index contributed by atoms with van der Waals surface area (Å²) in [7, 11) is 0. The molecule has 0 aromatic heterocycles. The largest absolute Gasteiger partial charge is 0.444 e. The molecular weight excluding hydrogens is 290 g/mol. The van der Waals surface area contributed by atoms with Crippen molar-refractivity contribution in [2.24, 2.45) is 0 Å². The number of ether oxygens (including phenoxy) is 1. The van der Waals surface area contributed by atoms with Gasteiger partial charge in [-0.1, -0.05) is 12.1 Å². The Kier molecular flexibility index (Phi) is 5.19. The number of nitrogen functional groups attached to an aromatic ring is 1. The summed E-state index contributed by atoms with van der Waals surface area (Å²) < 4.78 is 5.48. The fraction of sp³-hybridized carbons (Fsp3) is 0.611. The molecule has 1 aromatic carbocycles. The number of benzene rings is 1. The van der Waals surface area contributed by atoms with Gasteiger partial charge in [0.1, 0.15) is 5.60 Å². The molecule has 1 heterocycles. The smallest absolute Gasteiger partial charge is 0.410 e. The zero-order chi connectivity index (χ0) is 17.2. The van der Waals surface area contributed by atoms with Gasteiger partial charge in [0.15, 0.2) is 0 Å². The maximum Gasteiger partial charge on any atom is 0.410 e. The summed E-state index contributed by atoms with van der Waals surface area (Å²) >= 11 is 0. The van der Waals surface area contributed by atoms with Crippen molar-refractivity contribution in [2.75, 3.05) is 25.4 Å². The lowest BCUT2D eigenvalue weighted by atomic mass is 10.1. The quantitative estimate of drug-likeness (QED) is 0.851. The lowest BCUT2D eigenvalue weighted by Gasteiger charge is -2.40. The van der Waals surface area contributed by atoms with Crippen molar-refractivity contribution in [1.82, 2.24) is 9.80 Å². The van der Waals surface area contributed by atoms with E-state index in [0.717, 1.165) is 30.9 Å². The second-order valence-electron chi connectivity index (χ2n) is 7.45. The van der Waals surface area contributed by atoms with Gasteiger partial charge in [-0.15, -0.1) is 0 Å². The summed E-state index contributed by atoms with van der Waals surface area (Å²) in [4.78, 5) is 16.4. The first-order valence-electron chi connectivity index (χ1n) is 8.22. The van der Waals surface area contributed by atoms with E-state index in [2.05, 4.69) is 24.0 Å².